The second-order valence-electron chi connectivity index (χ2n) is 2.37. The summed E-state index contributed by atoms with van der Waals surface area (Å²) in [7, 11) is 0. The van der Waals surface area contributed by atoms with Crippen molar-refractivity contribution < 1.29 is 4.74 Å². The molecule has 60 valence electrons. The van der Waals surface area contributed by atoms with Crippen molar-refractivity contribution in [3.05, 3.63) is 24.4 Å². The van der Waals surface area contributed by atoms with E-state index >= 15 is 0 Å². The Morgan fingerprint density at radius 2 is 2.36 bits per heavy atom. The highest BCUT2D eigenvalue weighted by molar-refractivity contribution is 5.08. The van der Waals surface area contributed by atoms with E-state index < -0.39 is 0 Å². The average Bonchev–Trinajstić information content (AvgIpc) is 2.07. The zero-order chi connectivity index (χ0) is 7.94. The minimum absolute atomic E-state index is 0.723. The normalized spacial score (nSPS) is 9.55. The third-order valence-corrected chi connectivity index (χ3v) is 1.39. The van der Waals surface area contributed by atoms with Crippen LogP contribution in [0.5, 0.6) is 5.88 Å². The van der Waals surface area contributed by atoms with Gasteiger partial charge in [0.05, 0.1) is 6.61 Å². The summed E-state index contributed by atoms with van der Waals surface area (Å²) in [4.78, 5) is 4.03. The Hall–Kier alpha value is -1.05. The van der Waals surface area contributed by atoms with Crippen LogP contribution in [-0.4, -0.2) is 11.6 Å². The van der Waals surface area contributed by atoms with E-state index in [1.807, 2.05) is 18.2 Å². The monoisotopic (exact) mass is 151 g/mol. The van der Waals surface area contributed by atoms with Gasteiger partial charge in [0.25, 0.3) is 0 Å². The molecule has 1 rings (SSSR count). The fraction of sp³-hybridized carbons (Fsp3) is 0.444. The van der Waals surface area contributed by atoms with Crippen molar-refractivity contribution in [2.24, 2.45) is 0 Å². The van der Waals surface area contributed by atoms with Gasteiger partial charge in [0, 0.05) is 12.3 Å². The molecule has 0 aliphatic carbocycles. The lowest BCUT2D eigenvalue weighted by atomic mass is 10.4. The van der Waals surface area contributed by atoms with E-state index in [9.17, 15) is 0 Å². The summed E-state index contributed by atoms with van der Waals surface area (Å²) in [5.41, 5.74) is 0. The van der Waals surface area contributed by atoms with Crippen molar-refractivity contribution in [1.82, 2.24) is 4.98 Å². The Morgan fingerprint density at radius 3 is 3.00 bits per heavy atom. The molecule has 0 saturated heterocycles. The molecule has 0 N–H and O–H groups in total. The smallest absolute Gasteiger partial charge is 0.213 e. The zero-order valence-corrected chi connectivity index (χ0v) is 6.79. The highest BCUT2D eigenvalue weighted by Gasteiger charge is 1.89. The predicted molar refractivity (Wildman–Crippen MR) is 44.6 cm³/mol. The molecule has 2 heteroatoms. The number of hydrogen-bond acceptors (Lipinski definition) is 2. The first-order chi connectivity index (χ1) is 5.43. The molecule has 0 spiro atoms. The van der Waals surface area contributed by atoms with E-state index in [1.54, 1.807) is 6.20 Å². The van der Waals surface area contributed by atoms with Gasteiger partial charge in [0.1, 0.15) is 0 Å². The Bertz CT molecular complexity index is 186. The van der Waals surface area contributed by atoms with Crippen molar-refractivity contribution in [2.45, 2.75) is 19.8 Å². The van der Waals surface area contributed by atoms with Crippen LogP contribution in [-0.2, 0) is 0 Å². The van der Waals surface area contributed by atoms with Crippen LogP contribution in [0.3, 0.4) is 0 Å². The van der Waals surface area contributed by atoms with E-state index in [4.69, 9.17) is 4.74 Å². The fourth-order valence-corrected chi connectivity index (χ4v) is 0.754. The van der Waals surface area contributed by atoms with Gasteiger partial charge < -0.3 is 4.74 Å². The van der Waals surface area contributed by atoms with Crippen molar-refractivity contribution >= 4 is 0 Å². The van der Waals surface area contributed by atoms with Crippen molar-refractivity contribution in [3.63, 3.8) is 0 Å². The molecule has 2 nitrogen and oxygen atoms in total. The van der Waals surface area contributed by atoms with Gasteiger partial charge in [-0.3, -0.25) is 0 Å². The van der Waals surface area contributed by atoms with E-state index in [0.29, 0.717) is 0 Å². The second-order valence-corrected chi connectivity index (χ2v) is 2.37. The summed E-state index contributed by atoms with van der Waals surface area (Å²) >= 11 is 0. The first-order valence-electron chi connectivity index (χ1n) is 3.97. The molecule has 0 unspecified atom stereocenters. The quantitative estimate of drug-likeness (QED) is 0.616. The number of hydrogen-bond donors (Lipinski definition) is 0. The molecule has 0 bridgehead atoms. The Morgan fingerprint density at radius 1 is 1.45 bits per heavy atom. The SMILES string of the molecule is CCCCOc1ccccn1. The van der Waals surface area contributed by atoms with E-state index in [0.717, 1.165) is 25.3 Å². The summed E-state index contributed by atoms with van der Waals surface area (Å²) in [6, 6.07) is 5.68. The molecule has 1 heterocycles. The summed E-state index contributed by atoms with van der Waals surface area (Å²) < 4.78 is 5.34. The number of pyridine rings is 1. The molecule has 0 atom stereocenters. The maximum absolute atomic E-state index is 5.34. The minimum Gasteiger partial charge on any atom is -0.478 e. The number of unbranched alkanes of at least 4 members (excludes halogenated alkanes) is 1. The lowest BCUT2D eigenvalue weighted by Gasteiger charge is -2.01. The van der Waals surface area contributed by atoms with Crippen LogP contribution in [0, 0.1) is 0 Å². The van der Waals surface area contributed by atoms with Crippen LogP contribution in [0.1, 0.15) is 19.8 Å². The largest absolute Gasteiger partial charge is 0.478 e. The molecule has 0 saturated carbocycles. The maximum Gasteiger partial charge on any atom is 0.213 e. The first kappa shape index (κ1) is 8.05. The molecule has 0 aliphatic rings. The minimum atomic E-state index is 0.723. The third-order valence-electron chi connectivity index (χ3n) is 1.39. The molecular formula is C9H13NO. The average molecular weight is 151 g/mol. The summed E-state index contributed by atoms with van der Waals surface area (Å²) in [5.74, 6) is 0.723. The highest BCUT2D eigenvalue weighted by atomic mass is 16.5. The second kappa shape index (κ2) is 4.72. The molecule has 0 aromatic carbocycles. The van der Waals surface area contributed by atoms with Gasteiger partial charge >= 0.3 is 0 Å². The van der Waals surface area contributed by atoms with Crippen LogP contribution >= 0.6 is 0 Å². The number of aromatic nitrogens is 1. The molecule has 0 amide bonds. The standard InChI is InChI=1S/C9H13NO/c1-2-3-8-11-9-6-4-5-7-10-9/h4-7H,2-3,8H2,1H3. The lowest BCUT2D eigenvalue weighted by Crippen LogP contribution is -1.97. The van der Waals surface area contributed by atoms with Gasteiger partial charge in [-0.2, -0.15) is 0 Å². The summed E-state index contributed by atoms with van der Waals surface area (Å²) in [5, 5.41) is 0. The summed E-state index contributed by atoms with van der Waals surface area (Å²) in [6.45, 7) is 2.91. The van der Waals surface area contributed by atoms with E-state index in [2.05, 4.69) is 11.9 Å². The van der Waals surface area contributed by atoms with Crippen molar-refractivity contribution in [3.8, 4) is 5.88 Å². The van der Waals surface area contributed by atoms with Crippen LogP contribution in [0.25, 0.3) is 0 Å². The molecule has 0 fully saturated rings. The Labute approximate surface area is 67.2 Å². The maximum atomic E-state index is 5.34. The van der Waals surface area contributed by atoms with Crippen molar-refractivity contribution in [1.29, 1.82) is 0 Å². The van der Waals surface area contributed by atoms with Crippen LogP contribution in [0.4, 0.5) is 0 Å². The van der Waals surface area contributed by atoms with Gasteiger partial charge in [0.15, 0.2) is 0 Å². The molecule has 11 heavy (non-hydrogen) atoms. The number of ether oxygens (including phenoxy) is 1. The lowest BCUT2D eigenvalue weighted by molar-refractivity contribution is 0.298. The van der Waals surface area contributed by atoms with Gasteiger partial charge in [-0.05, 0) is 12.5 Å². The van der Waals surface area contributed by atoms with Crippen molar-refractivity contribution in [2.75, 3.05) is 6.61 Å². The first-order valence-corrected chi connectivity index (χ1v) is 3.97. The highest BCUT2D eigenvalue weighted by Crippen LogP contribution is 2.03. The summed E-state index contributed by atoms with van der Waals surface area (Å²) in [6.07, 6.45) is 3.99. The number of nitrogens with zero attached hydrogens (tertiary/aromatic N) is 1. The zero-order valence-electron chi connectivity index (χ0n) is 6.79. The molecule has 0 aliphatic heterocycles. The van der Waals surface area contributed by atoms with Crippen LogP contribution < -0.4 is 4.74 Å². The molecule has 1 aromatic rings. The fourth-order valence-electron chi connectivity index (χ4n) is 0.754. The Balaban J connectivity index is 2.28. The van der Waals surface area contributed by atoms with Gasteiger partial charge in [0.2, 0.25) is 5.88 Å². The van der Waals surface area contributed by atoms with E-state index in [1.165, 1.54) is 0 Å². The topological polar surface area (TPSA) is 22.1 Å². The van der Waals surface area contributed by atoms with Gasteiger partial charge in [-0.25, -0.2) is 4.98 Å². The van der Waals surface area contributed by atoms with Crippen LogP contribution in [0.2, 0.25) is 0 Å². The van der Waals surface area contributed by atoms with E-state index in [-0.39, 0.29) is 0 Å². The number of rotatable bonds is 4. The third kappa shape index (κ3) is 3.03. The Kier molecular flexibility index (Phi) is 3.45. The van der Waals surface area contributed by atoms with Crippen LogP contribution in [0.15, 0.2) is 24.4 Å². The molecular weight excluding hydrogens is 138 g/mol. The predicted octanol–water partition coefficient (Wildman–Crippen LogP) is 2.26. The van der Waals surface area contributed by atoms with Gasteiger partial charge in [-0.1, -0.05) is 19.4 Å². The van der Waals surface area contributed by atoms with Gasteiger partial charge in [-0.15, -0.1) is 0 Å². The molecule has 1 aromatic heterocycles. The molecule has 0 radical (unpaired) electrons.